The molecule has 0 radical (unpaired) electrons. The zero-order valence-electron chi connectivity index (χ0n) is 8.68. The molecule has 3 rings (SSSR count). The molecular formula is C12H18O2. The highest BCUT2D eigenvalue weighted by Gasteiger charge is 2.61. The van der Waals surface area contributed by atoms with Gasteiger partial charge in [0.15, 0.2) is 0 Å². The Bertz CT molecular complexity index is 231. The minimum absolute atomic E-state index is 0.0133. The zero-order valence-corrected chi connectivity index (χ0v) is 8.68. The maximum Gasteiger partial charge on any atom is 0.307 e. The Hall–Kier alpha value is -0.530. The quantitative estimate of drug-likeness (QED) is 0.554. The fourth-order valence-electron chi connectivity index (χ4n) is 4.06. The molecule has 0 N–H and O–H groups in total. The number of esters is 1. The average molecular weight is 194 g/mol. The van der Waals surface area contributed by atoms with E-state index in [0.29, 0.717) is 6.42 Å². The second-order valence-corrected chi connectivity index (χ2v) is 5.34. The van der Waals surface area contributed by atoms with Crippen molar-refractivity contribution >= 4 is 5.97 Å². The van der Waals surface area contributed by atoms with Crippen molar-refractivity contribution in [2.24, 2.45) is 5.41 Å². The lowest BCUT2D eigenvalue weighted by atomic mass is 9.56. The molecular weight excluding hydrogens is 176 g/mol. The van der Waals surface area contributed by atoms with Crippen molar-refractivity contribution < 1.29 is 9.53 Å². The number of hydrogen-bond donors (Lipinski definition) is 0. The molecule has 0 aromatic heterocycles. The summed E-state index contributed by atoms with van der Waals surface area (Å²) < 4.78 is 5.71. The molecule has 1 aliphatic heterocycles. The van der Waals surface area contributed by atoms with Gasteiger partial charge < -0.3 is 4.74 Å². The van der Waals surface area contributed by atoms with Gasteiger partial charge in [0.2, 0.25) is 0 Å². The van der Waals surface area contributed by atoms with Gasteiger partial charge >= 0.3 is 5.97 Å². The molecule has 0 bridgehead atoms. The van der Waals surface area contributed by atoms with Crippen molar-refractivity contribution in [3.63, 3.8) is 0 Å². The van der Waals surface area contributed by atoms with Crippen LogP contribution in [0.2, 0.25) is 0 Å². The lowest BCUT2D eigenvalue weighted by Gasteiger charge is -2.50. The summed E-state index contributed by atoms with van der Waals surface area (Å²) >= 11 is 0. The highest BCUT2D eigenvalue weighted by atomic mass is 16.6. The lowest BCUT2D eigenvalue weighted by molar-refractivity contribution is -0.160. The molecule has 1 saturated heterocycles. The van der Waals surface area contributed by atoms with Crippen molar-refractivity contribution in [3.8, 4) is 0 Å². The first-order chi connectivity index (χ1) is 6.77. The van der Waals surface area contributed by atoms with Crippen LogP contribution in [0, 0.1) is 5.41 Å². The summed E-state index contributed by atoms with van der Waals surface area (Å²) in [5.74, 6) is 0.0776. The summed E-state index contributed by atoms with van der Waals surface area (Å²) in [5, 5.41) is 0. The predicted molar refractivity (Wildman–Crippen MR) is 52.8 cm³/mol. The smallest absolute Gasteiger partial charge is 0.307 e. The minimum Gasteiger partial charge on any atom is -0.458 e. The molecule has 3 fully saturated rings. The second-order valence-electron chi connectivity index (χ2n) is 5.34. The van der Waals surface area contributed by atoms with Gasteiger partial charge in [-0.2, -0.15) is 0 Å². The van der Waals surface area contributed by atoms with Gasteiger partial charge in [0.1, 0.15) is 5.60 Å². The fraction of sp³-hybridized carbons (Fsp3) is 0.917. The lowest BCUT2D eigenvalue weighted by Crippen LogP contribution is -2.49. The number of ether oxygens (including phenoxy) is 1. The zero-order chi connectivity index (χ0) is 9.65. The standard InChI is InChI=1S/C12H18O2/c13-10-9-11-5-1-3-7-12(11,14-10)8-4-2-6-11/h1-9H2. The van der Waals surface area contributed by atoms with Crippen molar-refractivity contribution in [2.75, 3.05) is 0 Å². The number of carbonyl (C=O) groups excluding carboxylic acids is 1. The van der Waals surface area contributed by atoms with Crippen LogP contribution in [0.4, 0.5) is 0 Å². The summed E-state index contributed by atoms with van der Waals surface area (Å²) in [7, 11) is 0. The van der Waals surface area contributed by atoms with Crippen molar-refractivity contribution in [3.05, 3.63) is 0 Å². The van der Waals surface area contributed by atoms with Gasteiger partial charge in [-0.1, -0.05) is 12.8 Å². The Morgan fingerprint density at radius 2 is 1.50 bits per heavy atom. The number of rotatable bonds is 0. The molecule has 0 amide bonds. The van der Waals surface area contributed by atoms with Gasteiger partial charge in [0.25, 0.3) is 0 Å². The van der Waals surface area contributed by atoms with Crippen LogP contribution in [-0.4, -0.2) is 11.6 Å². The first-order valence-corrected chi connectivity index (χ1v) is 5.98. The molecule has 3 aliphatic rings. The Labute approximate surface area is 85.0 Å². The summed E-state index contributed by atoms with van der Waals surface area (Å²) in [6, 6.07) is 0. The molecule has 1 heterocycles. The summed E-state index contributed by atoms with van der Waals surface area (Å²) in [4.78, 5) is 11.5. The van der Waals surface area contributed by atoms with Crippen molar-refractivity contribution in [1.82, 2.24) is 0 Å². The van der Waals surface area contributed by atoms with Gasteiger partial charge in [-0.25, -0.2) is 0 Å². The van der Waals surface area contributed by atoms with Crippen LogP contribution in [0.15, 0.2) is 0 Å². The largest absolute Gasteiger partial charge is 0.458 e. The molecule has 2 nitrogen and oxygen atoms in total. The molecule has 2 heteroatoms. The van der Waals surface area contributed by atoms with Crippen LogP contribution in [-0.2, 0) is 9.53 Å². The summed E-state index contributed by atoms with van der Waals surface area (Å²) in [6.07, 6.45) is 10.6. The molecule has 0 unspecified atom stereocenters. The first-order valence-electron chi connectivity index (χ1n) is 5.98. The van der Waals surface area contributed by atoms with Crippen LogP contribution in [0.1, 0.15) is 57.8 Å². The third kappa shape index (κ3) is 0.945. The summed E-state index contributed by atoms with van der Waals surface area (Å²) in [6.45, 7) is 0. The van der Waals surface area contributed by atoms with E-state index in [1.165, 1.54) is 38.5 Å². The van der Waals surface area contributed by atoms with Crippen LogP contribution in [0.5, 0.6) is 0 Å². The van der Waals surface area contributed by atoms with E-state index >= 15 is 0 Å². The van der Waals surface area contributed by atoms with Crippen LogP contribution < -0.4 is 0 Å². The molecule has 0 aromatic rings. The normalized spacial score (nSPS) is 46.7. The topological polar surface area (TPSA) is 26.3 Å². The van der Waals surface area contributed by atoms with Gasteiger partial charge in [-0.15, -0.1) is 0 Å². The van der Waals surface area contributed by atoms with Crippen LogP contribution >= 0.6 is 0 Å². The Kier molecular flexibility index (Phi) is 1.71. The van der Waals surface area contributed by atoms with E-state index in [0.717, 1.165) is 12.8 Å². The van der Waals surface area contributed by atoms with Crippen LogP contribution in [0.25, 0.3) is 0 Å². The van der Waals surface area contributed by atoms with E-state index in [1.807, 2.05) is 0 Å². The monoisotopic (exact) mass is 194 g/mol. The van der Waals surface area contributed by atoms with Crippen molar-refractivity contribution in [2.45, 2.75) is 63.4 Å². The fourth-order valence-corrected chi connectivity index (χ4v) is 4.06. The minimum atomic E-state index is -0.0133. The number of hydrogen-bond acceptors (Lipinski definition) is 2. The van der Waals surface area contributed by atoms with Gasteiger partial charge in [-0.05, 0) is 38.5 Å². The third-order valence-corrected chi connectivity index (χ3v) is 4.73. The van der Waals surface area contributed by atoms with E-state index in [-0.39, 0.29) is 17.0 Å². The van der Waals surface area contributed by atoms with E-state index in [1.54, 1.807) is 0 Å². The molecule has 0 spiro atoms. The van der Waals surface area contributed by atoms with Gasteiger partial charge in [-0.3, -0.25) is 4.79 Å². The van der Waals surface area contributed by atoms with Gasteiger partial charge in [0, 0.05) is 5.41 Å². The summed E-state index contributed by atoms with van der Waals surface area (Å²) in [5.41, 5.74) is 0.251. The highest BCUT2D eigenvalue weighted by Crippen LogP contribution is 2.60. The molecule has 78 valence electrons. The van der Waals surface area contributed by atoms with Gasteiger partial charge in [0.05, 0.1) is 6.42 Å². The Morgan fingerprint density at radius 1 is 0.929 bits per heavy atom. The van der Waals surface area contributed by atoms with E-state index in [4.69, 9.17) is 4.74 Å². The SMILES string of the molecule is O=C1CC23CCCCC2(CCCC3)O1. The maximum atomic E-state index is 11.5. The highest BCUT2D eigenvalue weighted by molar-refractivity contribution is 5.74. The molecule has 0 aromatic carbocycles. The third-order valence-electron chi connectivity index (χ3n) is 4.73. The number of carbonyl (C=O) groups is 1. The average Bonchev–Trinajstić information content (AvgIpc) is 2.48. The first kappa shape index (κ1) is 8.75. The molecule has 14 heavy (non-hydrogen) atoms. The predicted octanol–water partition coefficient (Wildman–Crippen LogP) is 2.81. The maximum absolute atomic E-state index is 11.5. The molecule has 2 aliphatic carbocycles. The van der Waals surface area contributed by atoms with E-state index < -0.39 is 0 Å². The van der Waals surface area contributed by atoms with Crippen LogP contribution in [0.3, 0.4) is 0 Å². The van der Waals surface area contributed by atoms with E-state index in [2.05, 4.69) is 0 Å². The molecule has 0 atom stereocenters. The Balaban J connectivity index is 2.01. The Morgan fingerprint density at radius 3 is 2.07 bits per heavy atom. The molecule has 2 saturated carbocycles. The van der Waals surface area contributed by atoms with Crippen molar-refractivity contribution in [1.29, 1.82) is 0 Å². The second kappa shape index (κ2) is 2.74. The van der Waals surface area contributed by atoms with E-state index in [9.17, 15) is 4.79 Å².